The van der Waals surface area contributed by atoms with E-state index in [1.54, 1.807) is 6.07 Å². The van der Waals surface area contributed by atoms with Crippen LogP contribution in [0.15, 0.2) is 18.2 Å². The Morgan fingerprint density at radius 2 is 2.20 bits per heavy atom. The molecule has 0 saturated carbocycles. The molecule has 0 fully saturated rings. The third-order valence-electron chi connectivity index (χ3n) is 2.41. The molecule has 1 heterocycles. The number of H-pyrrole nitrogens is 1. The van der Waals surface area contributed by atoms with Gasteiger partial charge in [0.2, 0.25) is 0 Å². The topological polar surface area (TPSA) is 31.9 Å². The summed E-state index contributed by atoms with van der Waals surface area (Å²) in [6, 6.07) is 4.96. The van der Waals surface area contributed by atoms with Crippen LogP contribution in [0.2, 0.25) is 0 Å². The fourth-order valence-electron chi connectivity index (χ4n) is 1.60. The van der Waals surface area contributed by atoms with Crippen LogP contribution in [0.1, 0.15) is 5.69 Å². The SMILES string of the molecule is CN(C)CCc1[nH]nc2cccc(F)c12. The summed E-state index contributed by atoms with van der Waals surface area (Å²) in [5, 5.41) is 7.59. The number of nitrogens with zero attached hydrogens (tertiary/aromatic N) is 2. The third kappa shape index (κ3) is 1.99. The van der Waals surface area contributed by atoms with E-state index in [4.69, 9.17) is 0 Å². The number of halogens is 1. The van der Waals surface area contributed by atoms with Gasteiger partial charge in [0, 0.05) is 18.7 Å². The highest BCUT2D eigenvalue weighted by molar-refractivity contribution is 5.81. The van der Waals surface area contributed by atoms with Crippen molar-refractivity contribution in [3.8, 4) is 0 Å². The first-order valence-corrected chi connectivity index (χ1v) is 4.94. The van der Waals surface area contributed by atoms with Gasteiger partial charge in [-0.25, -0.2) is 4.39 Å². The van der Waals surface area contributed by atoms with Gasteiger partial charge in [-0.1, -0.05) is 6.07 Å². The Morgan fingerprint density at radius 3 is 2.93 bits per heavy atom. The van der Waals surface area contributed by atoms with Crippen LogP contribution in [0.5, 0.6) is 0 Å². The molecule has 4 heteroatoms. The van der Waals surface area contributed by atoms with E-state index in [1.165, 1.54) is 6.07 Å². The van der Waals surface area contributed by atoms with Crippen LogP contribution >= 0.6 is 0 Å². The quantitative estimate of drug-likeness (QED) is 0.832. The Balaban J connectivity index is 2.35. The maximum atomic E-state index is 13.5. The van der Waals surface area contributed by atoms with Crippen LogP contribution in [0.4, 0.5) is 4.39 Å². The first-order valence-electron chi connectivity index (χ1n) is 4.94. The second-order valence-corrected chi connectivity index (χ2v) is 3.89. The van der Waals surface area contributed by atoms with E-state index in [1.807, 2.05) is 20.2 Å². The molecule has 0 aliphatic heterocycles. The van der Waals surface area contributed by atoms with Crippen molar-refractivity contribution < 1.29 is 4.39 Å². The Labute approximate surface area is 87.9 Å². The number of likely N-dealkylation sites (N-methyl/N-ethyl adjacent to an activating group) is 1. The van der Waals surface area contributed by atoms with Crippen molar-refractivity contribution in [2.75, 3.05) is 20.6 Å². The fourth-order valence-corrected chi connectivity index (χ4v) is 1.60. The first kappa shape index (κ1) is 10.1. The molecule has 2 aromatic rings. The van der Waals surface area contributed by atoms with E-state index < -0.39 is 0 Å². The van der Waals surface area contributed by atoms with Crippen LogP contribution < -0.4 is 0 Å². The molecule has 0 aliphatic carbocycles. The van der Waals surface area contributed by atoms with E-state index in [0.29, 0.717) is 10.9 Å². The summed E-state index contributed by atoms with van der Waals surface area (Å²) in [6.45, 7) is 0.881. The van der Waals surface area contributed by atoms with E-state index >= 15 is 0 Å². The van der Waals surface area contributed by atoms with Gasteiger partial charge in [-0.2, -0.15) is 5.10 Å². The summed E-state index contributed by atoms with van der Waals surface area (Å²) < 4.78 is 13.5. The normalized spacial score (nSPS) is 11.5. The number of hydrogen-bond acceptors (Lipinski definition) is 2. The zero-order valence-electron chi connectivity index (χ0n) is 8.92. The first-order chi connectivity index (χ1) is 7.18. The van der Waals surface area contributed by atoms with Crippen LogP contribution in [0, 0.1) is 5.82 Å². The lowest BCUT2D eigenvalue weighted by atomic mass is 10.1. The molecule has 1 aromatic carbocycles. The molecule has 1 N–H and O–H groups in total. The number of aromatic nitrogens is 2. The summed E-state index contributed by atoms with van der Waals surface area (Å²) in [5.74, 6) is -0.199. The van der Waals surface area contributed by atoms with Crippen molar-refractivity contribution in [2.24, 2.45) is 0 Å². The number of hydrogen-bond donors (Lipinski definition) is 1. The number of fused-ring (bicyclic) bond motifs is 1. The molecule has 0 amide bonds. The fraction of sp³-hybridized carbons (Fsp3) is 0.364. The van der Waals surface area contributed by atoms with Crippen molar-refractivity contribution in [2.45, 2.75) is 6.42 Å². The number of rotatable bonds is 3. The lowest BCUT2D eigenvalue weighted by molar-refractivity contribution is 0.412. The second kappa shape index (κ2) is 3.98. The van der Waals surface area contributed by atoms with Crippen LogP contribution in [-0.2, 0) is 6.42 Å². The number of nitrogens with one attached hydrogen (secondary N) is 1. The van der Waals surface area contributed by atoms with Crippen molar-refractivity contribution in [1.82, 2.24) is 15.1 Å². The maximum absolute atomic E-state index is 13.5. The molecule has 3 nitrogen and oxygen atoms in total. The Kier molecular flexibility index (Phi) is 2.68. The molecular formula is C11H14FN3. The monoisotopic (exact) mass is 207 g/mol. The maximum Gasteiger partial charge on any atom is 0.134 e. The largest absolute Gasteiger partial charge is 0.309 e. The molecule has 0 atom stereocenters. The Bertz CT molecular complexity index is 462. The molecule has 0 bridgehead atoms. The molecule has 0 unspecified atom stereocenters. The van der Waals surface area contributed by atoms with E-state index in [2.05, 4.69) is 15.1 Å². The third-order valence-corrected chi connectivity index (χ3v) is 2.41. The van der Waals surface area contributed by atoms with Gasteiger partial charge in [-0.05, 0) is 26.2 Å². The van der Waals surface area contributed by atoms with Gasteiger partial charge in [-0.3, -0.25) is 5.10 Å². The smallest absolute Gasteiger partial charge is 0.134 e. The summed E-state index contributed by atoms with van der Waals surface area (Å²) >= 11 is 0. The highest BCUT2D eigenvalue weighted by atomic mass is 19.1. The molecule has 0 spiro atoms. The zero-order valence-corrected chi connectivity index (χ0v) is 8.92. The van der Waals surface area contributed by atoms with E-state index in [9.17, 15) is 4.39 Å². The highest BCUT2D eigenvalue weighted by Gasteiger charge is 2.09. The van der Waals surface area contributed by atoms with Gasteiger partial charge in [0.15, 0.2) is 0 Å². The minimum Gasteiger partial charge on any atom is -0.309 e. The number of benzene rings is 1. The highest BCUT2D eigenvalue weighted by Crippen LogP contribution is 2.19. The summed E-state index contributed by atoms with van der Waals surface area (Å²) in [5.41, 5.74) is 1.57. The number of aromatic amines is 1. The summed E-state index contributed by atoms with van der Waals surface area (Å²) in [4.78, 5) is 2.06. The van der Waals surface area contributed by atoms with Crippen molar-refractivity contribution in [1.29, 1.82) is 0 Å². The predicted molar refractivity (Wildman–Crippen MR) is 58.3 cm³/mol. The molecular weight excluding hydrogens is 193 g/mol. The van der Waals surface area contributed by atoms with E-state index in [-0.39, 0.29) is 5.82 Å². The molecule has 80 valence electrons. The minimum absolute atomic E-state index is 0.199. The van der Waals surface area contributed by atoms with Gasteiger partial charge >= 0.3 is 0 Å². The minimum atomic E-state index is -0.199. The molecule has 1 aromatic heterocycles. The Morgan fingerprint density at radius 1 is 1.40 bits per heavy atom. The second-order valence-electron chi connectivity index (χ2n) is 3.89. The van der Waals surface area contributed by atoms with Gasteiger partial charge in [0.25, 0.3) is 0 Å². The summed E-state index contributed by atoms with van der Waals surface area (Å²) in [6.07, 6.45) is 0.782. The van der Waals surface area contributed by atoms with Crippen LogP contribution in [-0.4, -0.2) is 35.7 Å². The molecule has 15 heavy (non-hydrogen) atoms. The Hall–Kier alpha value is -1.42. The van der Waals surface area contributed by atoms with Crippen molar-refractivity contribution in [3.05, 3.63) is 29.7 Å². The zero-order chi connectivity index (χ0) is 10.8. The van der Waals surface area contributed by atoms with Gasteiger partial charge in [-0.15, -0.1) is 0 Å². The van der Waals surface area contributed by atoms with Gasteiger partial charge in [0.1, 0.15) is 5.82 Å². The average molecular weight is 207 g/mol. The predicted octanol–water partition coefficient (Wildman–Crippen LogP) is 1.81. The van der Waals surface area contributed by atoms with Gasteiger partial charge in [0.05, 0.1) is 10.9 Å². The van der Waals surface area contributed by atoms with Crippen LogP contribution in [0.3, 0.4) is 0 Å². The molecule has 0 radical (unpaired) electrons. The van der Waals surface area contributed by atoms with Crippen molar-refractivity contribution >= 4 is 10.9 Å². The van der Waals surface area contributed by atoms with Gasteiger partial charge < -0.3 is 4.90 Å². The lowest BCUT2D eigenvalue weighted by Gasteiger charge is -2.07. The van der Waals surface area contributed by atoms with Crippen molar-refractivity contribution in [3.63, 3.8) is 0 Å². The molecule has 0 aliphatic rings. The van der Waals surface area contributed by atoms with E-state index in [0.717, 1.165) is 18.7 Å². The average Bonchev–Trinajstić information content (AvgIpc) is 2.59. The molecule has 0 saturated heterocycles. The lowest BCUT2D eigenvalue weighted by Crippen LogP contribution is -2.15. The standard InChI is InChI=1S/C11H14FN3/c1-15(2)7-6-10-11-8(12)4-3-5-9(11)13-14-10/h3-5H,6-7H2,1-2H3,(H,13,14). The summed E-state index contributed by atoms with van der Waals surface area (Å²) in [7, 11) is 3.99. The molecule has 2 rings (SSSR count). The van der Waals surface area contributed by atoms with Crippen LogP contribution in [0.25, 0.3) is 10.9 Å².